The largest absolute Gasteiger partial charge is 0.351 e. The molecule has 0 bridgehead atoms. The highest BCUT2D eigenvalue weighted by atomic mass is 32.1. The Bertz CT molecular complexity index is 348. The van der Waals surface area contributed by atoms with E-state index >= 15 is 0 Å². The molecule has 0 fully saturated rings. The van der Waals surface area contributed by atoms with Crippen LogP contribution in [-0.2, 0) is 11.3 Å². The lowest BCUT2D eigenvalue weighted by Crippen LogP contribution is -2.32. The third kappa shape index (κ3) is 3.28. The van der Waals surface area contributed by atoms with Gasteiger partial charge in [-0.1, -0.05) is 6.92 Å². The number of carbonyl (C=O) groups is 1. The number of thiazole rings is 1. The minimum Gasteiger partial charge on any atom is -0.351 e. The van der Waals surface area contributed by atoms with Crippen molar-refractivity contribution >= 4 is 17.2 Å². The third-order valence-electron chi connectivity index (χ3n) is 2.22. The molecule has 1 rings (SSSR count). The van der Waals surface area contributed by atoms with E-state index in [-0.39, 0.29) is 11.8 Å². The SMILES string of the molecule is Cc1nc(C)c(CNC(=O)C(C)CN)s1. The van der Waals surface area contributed by atoms with Crippen LogP contribution in [-0.4, -0.2) is 17.4 Å². The van der Waals surface area contributed by atoms with Crippen LogP contribution in [0.15, 0.2) is 0 Å². The number of aryl methyl sites for hydroxylation is 2. The summed E-state index contributed by atoms with van der Waals surface area (Å²) in [7, 11) is 0. The second kappa shape index (κ2) is 5.23. The van der Waals surface area contributed by atoms with Gasteiger partial charge in [0.1, 0.15) is 0 Å². The smallest absolute Gasteiger partial charge is 0.224 e. The van der Waals surface area contributed by atoms with Gasteiger partial charge in [0, 0.05) is 17.3 Å². The predicted molar refractivity (Wildman–Crippen MR) is 61.7 cm³/mol. The van der Waals surface area contributed by atoms with Gasteiger partial charge in [0.15, 0.2) is 0 Å². The highest BCUT2D eigenvalue weighted by molar-refractivity contribution is 7.11. The summed E-state index contributed by atoms with van der Waals surface area (Å²) in [5.74, 6) is -0.123. The van der Waals surface area contributed by atoms with Crippen LogP contribution in [0.4, 0.5) is 0 Å². The van der Waals surface area contributed by atoms with Crippen LogP contribution in [0, 0.1) is 19.8 Å². The number of nitrogens with zero attached hydrogens (tertiary/aromatic N) is 1. The fraction of sp³-hybridized carbons (Fsp3) is 0.600. The van der Waals surface area contributed by atoms with E-state index in [1.54, 1.807) is 11.3 Å². The number of rotatable bonds is 4. The Morgan fingerprint density at radius 1 is 1.60 bits per heavy atom. The molecule has 3 N–H and O–H groups in total. The number of nitrogens with one attached hydrogen (secondary N) is 1. The van der Waals surface area contributed by atoms with Crippen molar-refractivity contribution in [1.29, 1.82) is 0 Å². The topological polar surface area (TPSA) is 68.0 Å². The quantitative estimate of drug-likeness (QED) is 0.805. The first kappa shape index (κ1) is 12.1. The van der Waals surface area contributed by atoms with Crippen molar-refractivity contribution in [3.8, 4) is 0 Å². The van der Waals surface area contributed by atoms with Gasteiger partial charge in [-0.25, -0.2) is 4.98 Å². The summed E-state index contributed by atoms with van der Waals surface area (Å²) in [5.41, 5.74) is 6.40. The van der Waals surface area contributed by atoms with E-state index in [1.165, 1.54) is 0 Å². The zero-order valence-corrected chi connectivity index (χ0v) is 10.1. The molecule has 0 saturated heterocycles. The van der Waals surface area contributed by atoms with Gasteiger partial charge >= 0.3 is 0 Å². The molecule has 1 aromatic heterocycles. The minimum atomic E-state index is -0.126. The maximum atomic E-state index is 11.5. The van der Waals surface area contributed by atoms with Crippen LogP contribution in [0.3, 0.4) is 0 Å². The van der Waals surface area contributed by atoms with Crippen LogP contribution >= 0.6 is 11.3 Å². The van der Waals surface area contributed by atoms with Crippen molar-refractivity contribution in [2.45, 2.75) is 27.3 Å². The molecule has 0 aliphatic rings. The Morgan fingerprint density at radius 3 is 2.73 bits per heavy atom. The highest BCUT2D eigenvalue weighted by Crippen LogP contribution is 2.16. The van der Waals surface area contributed by atoms with Crippen LogP contribution in [0.25, 0.3) is 0 Å². The molecule has 15 heavy (non-hydrogen) atoms. The van der Waals surface area contributed by atoms with Gasteiger partial charge in [-0.15, -0.1) is 11.3 Å². The summed E-state index contributed by atoms with van der Waals surface area (Å²) in [6.07, 6.45) is 0. The Labute approximate surface area is 93.9 Å². The molecule has 0 saturated carbocycles. The Hall–Kier alpha value is -0.940. The molecule has 1 unspecified atom stereocenters. The van der Waals surface area contributed by atoms with Gasteiger partial charge in [0.25, 0.3) is 0 Å². The number of amides is 1. The highest BCUT2D eigenvalue weighted by Gasteiger charge is 2.11. The van der Waals surface area contributed by atoms with Crippen LogP contribution in [0.2, 0.25) is 0 Å². The van der Waals surface area contributed by atoms with Crippen molar-refractivity contribution in [1.82, 2.24) is 10.3 Å². The number of hydrogen-bond donors (Lipinski definition) is 2. The first-order valence-corrected chi connectivity index (χ1v) is 5.77. The van der Waals surface area contributed by atoms with Crippen LogP contribution in [0.5, 0.6) is 0 Å². The van der Waals surface area contributed by atoms with Gasteiger partial charge in [0.05, 0.1) is 17.2 Å². The number of aromatic nitrogens is 1. The molecule has 4 nitrogen and oxygen atoms in total. The van der Waals surface area contributed by atoms with Gasteiger partial charge in [-0.3, -0.25) is 4.79 Å². The van der Waals surface area contributed by atoms with Crippen LogP contribution < -0.4 is 11.1 Å². The average Bonchev–Trinajstić information content (AvgIpc) is 2.52. The molecule has 1 atom stereocenters. The lowest BCUT2D eigenvalue weighted by atomic mass is 10.2. The predicted octanol–water partition coefficient (Wildman–Crippen LogP) is 0.971. The molecule has 1 aromatic rings. The van der Waals surface area contributed by atoms with E-state index in [9.17, 15) is 4.79 Å². The van der Waals surface area contributed by atoms with Crippen LogP contribution in [0.1, 0.15) is 22.5 Å². The summed E-state index contributed by atoms with van der Waals surface area (Å²) in [6.45, 7) is 6.68. The monoisotopic (exact) mass is 227 g/mol. The molecule has 5 heteroatoms. The van der Waals surface area contributed by atoms with Gasteiger partial charge in [0.2, 0.25) is 5.91 Å². The number of nitrogens with two attached hydrogens (primary N) is 1. The third-order valence-corrected chi connectivity index (χ3v) is 3.30. The summed E-state index contributed by atoms with van der Waals surface area (Å²) in [4.78, 5) is 16.9. The molecule has 0 aliphatic heterocycles. The molecule has 0 spiro atoms. The van der Waals surface area contributed by atoms with E-state index < -0.39 is 0 Å². The molecule has 1 amide bonds. The molecule has 0 aliphatic carbocycles. The van der Waals surface area contributed by atoms with Crippen molar-refractivity contribution in [3.63, 3.8) is 0 Å². The second-order valence-electron chi connectivity index (χ2n) is 3.60. The Morgan fingerprint density at radius 2 is 2.27 bits per heavy atom. The number of carbonyl (C=O) groups excluding carboxylic acids is 1. The summed E-state index contributed by atoms with van der Waals surface area (Å²) >= 11 is 1.62. The molecular formula is C10H17N3OS. The first-order valence-electron chi connectivity index (χ1n) is 4.95. The van der Waals surface area contributed by atoms with Crippen molar-refractivity contribution in [3.05, 3.63) is 15.6 Å². The Balaban J connectivity index is 2.50. The fourth-order valence-corrected chi connectivity index (χ4v) is 2.06. The van der Waals surface area contributed by atoms with E-state index in [0.717, 1.165) is 15.6 Å². The summed E-state index contributed by atoms with van der Waals surface area (Å²) < 4.78 is 0. The number of hydrogen-bond acceptors (Lipinski definition) is 4. The summed E-state index contributed by atoms with van der Waals surface area (Å²) in [6, 6.07) is 0. The fourth-order valence-electron chi connectivity index (χ4n) is 1.19. The molecule has 1 heterocycles. The second-order valence-corrected chi connectivity index (χ2v) is 4.88. The van der Waals surface area contributed by atoms with E-state index in [2.05, 4.69) is 10.3 Å². The normalized spacial score (nSPS) is 12.5. The average molecular weight is 227 g/mol. The zero-order chi connectivity index (χ0) is 11.4. The maximum absolute atomic E-state index is 11.5. The standard InChI is InChI=1S/C10H17N3OS/c1-6(4-11)10(14)12-5-9-7(2)13-8(3)15-9/h6H,4-5,11H2,1-3H3,(H,12,14). The Kier molecular flexibility index (Phi) is 4.23. The molecule has 84 valence electrons. The van der Waals surface area contributed by atoms with Crippen molar-refractivity contribution in [2.75, 3.05) is 6.54 Å². The maximum Gasteiger partial charge on any atom is 0.224 e. The summed E-state index contributed by atoms with van der Waals surface area (Å²) in [5, 5.41) is 3.89. The lowest BCUT2D eigenvalue weighted by molar-refractivity contribution is -0.124. The van der Waals surface area contributed by atoms with E-state index in [4.69, 9.17) is 5.73 Å². The molecule has 0 radical (unpaired) electrons. The van der Waals surface area contributed by atoms with E-state index in [0.29, 0.717) is 13.1 Å². The zero-order valence-electron chi connectivity index (χ0n) is 9.33. The molecule has 0 aromatic carbocycles. The first-order chi connectivity index (χ1) is 7.04. The lowest BCUT2D eigenvalue weighted by Gasteiger charge is -2.08. The van der Waals surface area contributed by atoms with Gasteiger partial charge < -0.3 is 11.1 Å². The van der Waals surface area contributed by atoms with Crippen molar-refractivity contribution in [2.24, 2.45) is 11.7 Å². The minimum absolute atomic E-state index is 0.00273. The van der Waals surface area contributed by atoms with Gasteiger partial charge in [-0.05, 0) is 13.8 Å². The van der Waals surface area contributed by atoms with E-state index in [1.807, 2.05) is 20.8 Å². The van der Waals surface area contributed by atoms with Crippen molar-refractivity contribution < 1.29 is 4.79 Å². The molecular weight excluding hydrogens is 210 g/mol. The van der Waals surface area contributed by atoms with Gasteiger partial charge in [-0.2, -0.15) is 0 Å².